The summed E-state index contributed by atoms with van der Waals surface area (Å²) in [5, 5.41) is 12.9. The van der Waals surface area contributed by atoms with Crippen molar-refractivity contribution in [2.45, 2.75) is 45.7 Å². The van der Waals surface area contributed by atoms with Crippen LogP contribution in [0.4, 0.5) is 0 Å². The molecule has 1 aromatic heterocycles. The number of rotatable bonds is 6. The quantitative estimate of drug-likeness (QED) is 0.807. The third-order valence-corrected chi connectivity index (χ3v) is 5.51. The zero-order valence-electron chi connectivity index (χ0n) is 15.9. The highest BCUT2D eigenvalue weighted by Gasteiger charge is 2.33. The van der Waals surface area contributed by atoms with E-state index in [1.54, 1.807) is 0 Å². The van der Waals surface area contributed by atoms with E-state index in [4.69, 9.17) is 0 Å². The molecule has 0 aliphatic carbocycles. The lowest BCUT2D eigenvalue weighted by Gasteiger charge is -2.39. The zero-order chi connectivity index (χ0) is 17.9. The van der Waals surface area contributed by atoms with E-state index in [0.29, 0.717) is 0 Å². The Bertz CT molecular complexity index is 658. The summed E-state index contributed by atoms with van der Waals surface area (Å²) in [4.78, 5) is 5.02. The van der Waals surface area contributed by atoms with E-state index in [0.717, 1.165) is 45.0 Å². The topological polar surface area (TPSA) is 50.1 Å². The molecule has 0 spiro atoms. The Morgan fingerprint density at radius 3 is 2.32 bits per heavy atom. The normalized spacial score (nSPS) is 18.4. The van der Waals surface area contributed by atoms with Crippen LogP contribution in [0.15, 0.2) is 30.3 Å². The predicted molar refractivity (Wildman–Crippen MR) is 99.4 cm³/mol. The van der Waals surface area contributed by atoms with Crippen molar-refractivity contribution in [3.63, 3.8) is 0 Å². The Labute approximate surface area is 150 Å². The van der Waals surface area contributed by atoms with Crippen molar-refractivity contribution in [3.05, 3.63) is 41.7 Å². The second-order valence-corrected chi connectivity index (χ2v) is 7.40. The van der Waals surface area contributed by atoms with Crippen LogP contribution in [0, 0.1) is 0 Å². The van der Waals surface area contributed by atoms with Crippen molar-refractivity contribution >= 4 is 0 Å². The Hall–Kier alpha value is -1.79. The lowest BCUT2D eigenvalue weighted by atomic mass is 9.99. The van der Waals surface area contributed by atoms with Crippen LogP contribution in [0.25, 0.3) is 0 Å². The van der Waals surface area contributed by atoms with Crippen LogP contribution in [0.3, 0.4) is 0 Å². The lowest BCUT2D eigenvalue weighted by Crippen LogP contribution is -2.48. The van der Waals surface area contributed by atoms with E-state index >= 15 is 0 Å². The summed E-state index contributed by atoms with van der Waals surface area (Å²) in [5.41, 5.74) is 1.16. The average Bonchev–Trinajstić information content (AvgIpc) is 3.14. The molecule has 1 atom stereocenters. The van der Waals surface area contributed by atoms with Gasteiger partial charge in [0.25, 0.3) is 0 Å². The van der Waals surface area contributed by atoms with Gasteiger partial charge in [0.1, 0.15) is 0 Å². The molecule has 136 valence electrons. The SMILES string of the molecule is CCN1CCN([C@@H](c2ccccc2)c2nnnn2C(C)(C)CC)CC1. The molecule has 0 radical (unpaired) electrons. The summed E-state index contributed by atoms with van der Waals surface area (Å²) in [6, 6.07) is 10.7. The van der Waals surface area contributed by atoms with Crippen molar-refractivity contribution < 1.29 is 0 Å². The summed E-state index contributed by atoms with van der Waals surface area (Å²) in [6.07, 6.45) is 0.982. The minimum Gasteiger partial charge on any atom is -0.301 e. The third-order valence-electron chi connectivity index (χ3n) is 5.51. The van der Waals surface area contributed by atoms with Crippen molar-refractivity contribution in [1.29, 1.82) is 0 Å². The van der Waals surface area contributed by atoms with Gasteiger partial charge in [0, 0.05) is 26.2 Å². The van der Waals surface area contributed by atoms with Crippen molar-refractivity contribution in [2.24, 2.45) is 0 Å². The smallest absolute Gasteiger partial charge is 0.173 e. The molecule has 0 N–H and O–H groups in total. The molecule has 6 heteroatoms. The van der Waals surface area contributed by atoms with Gasteiger partial charge >= 0.3 is 0 Å². The van der Waals surface area contributed by atoms with Crippen LogP contribution < -0.4 is 0 Å². The maximum atomic E-state index is 4.47. The molecular formula is C19H30N6. The van der Waals surface area contributed by atoms with E-state index in [1.807, 2.05) is 4.68 Å². The first-order valence-corrected chi connectivity index (χ1v) is 9.37. The number of hydrogen-bond donors (Lipinski definition) is 0. The molecule has 1 aromatic carbocycles. The largest absolute Gasteiger partial charge is 0.301 e. The monoisotopic (exact) mass is 342 g/mol. The molecular weight excluding hydrogens is 312 g/mol. The molecule has 1 aliphatic heterocycles. The molecule has 2 heterocycles. The highest BCUT2D eigenvalue weighted by atomic mass is 15.6. The second kappa shape index (κ2) is 7.62. The number of aromatic nitrogens is 4. The molecule has 1 saturated heterocycles. The van der Waals surface area contributed by atoms with Crippen molar-refractivity contribution in [2.75, 3.05) is 32.7 Å². The highest BCUT2D eigenvalue weighted by molar-refractivity contribution is 5.25. The zero-order valence-corrected chi connectivity index (χ0v) is 15.9. The van der Waals surface area contributed by atoms with Gasteiger partial charge in [-0.1, -0.05) is 44.2 Å². The fourth-order valence-corrected chi connectivity index (χ4v) is 3.44. The molecule has 3 rings (SSSR count). The molecule has 6 nitrogen and oxygen atoms in total. The molecule has 0 bridgehead atoms. The van der Waals surface area contributed by atoms with Gasteiger partial charge in [0.15, 0.2) is 5.82 Å². The standard InChI is InChI=1S/C19H30N6/c1-5-19(3,4)25-18(20-21-22-25)17(16-10-8-7-9-11-16)24-14-12-23(6-2)13-15-24/h7-11,17H,5-6,12-15H2,1-4H3/t17-/m0/s1. The molecule has 0 amide bonds. The number of hydrogen-bond acceptors (Lipinski definition) is 5. The summed E-state index contributed by atoms with van der Waals surface area (Å²) < 4.78 is 2.02. The van der Waals surface area contributed by atoms with E-state index in [2.05, 4.69) is 83.4 Å². The Balaban J connectivity index is 1.98. The van der Waals surface area contributed by atoms with Gasteiger partial charge in [0.2, 0.25) is 0 Å². The highest BCUT2D eigenvalue weighted by Crippen LogP contribution is 2.31. The molecule has 1 aliphatic rings. The predicted octanol–water partition coefficient (Wildman–Crippen LogP) is 2.55. The Kier molecular flexibility index (Phi) is 5.49. The molecule has 0 unspecified atom stereocenters. The van der Waals surface area contributed by atoms with Crippen molar-refractivity contribution in [1.82, 2.24) is 30.0 Å². The Morgan fingerprint density at radius 2 is 1.72 bits per heavy atom. The minimum absolute atomic E-state index is 0.0982. The molecule has 0 saturated carbocycles. The van der Waals surface area contributed by atoms with E-state index < -0.39 is 0 Å². The van der Waals surface area contributed by atoms with Gasteiger partial charge in [-0.3, -0.25) is 4.90 Å². The van der Waals surface area contributed by atoms with Crippen LogP contribution in [0.5, 0.6) is 0 Å². The first kappa shape index (κ1) is 18.0. The maximum Gasteiger partial charge on any atom is 0.173 e. The van der Waals surface area contributed by atoms with E-state index in [-0.39, 0.29) is 11.6 Å². The van der Waals surface area contributed by atoms with Crippen LogP contribution in [0.1, 0.15) is 51.5 Å². The van der Waals surface area contributed by atoms with Gasteiger partial charge < -0.3 is 4.90 Å². The number of likely N-dealkylation sites (N-methyl/N-ethyl adjacent to an activating group) is 1. The minimum atomic E-state index is -0.100. The lowest BCUT2D eigenvalue weighted by molar-refractivity contribution is 0.105. The van der Waals surface area contributed by atoms with Gasteiger partial charge in [-0.15, -0.1) is 5.10 Å². The molecule has 2 aromatic rings. The summed E-state index contributed by atoms with van der Waals surface area (Å²) in [7, 11) is 0. The van der Waals surface area contributed by atoms with Crippen LogP contribution in [-0.4, -0.2) is 62.7 Å². The average molecular weight is 342 g/mol. The van der Waals surface area contributed by atoms with Gasteiger partial charge in [-0.2, -0.15) is 0 Å². The fourth-order valence-electron chi connectivity index (χ4n) is 3.44. The van der Waals surface area contributed by atoms with E-state index in [9.17, 15) is 0 Å². The number of piperazine rings is 1. The van der Waals surface area contributed by atoms with Crippen molar-refractivity contribution in [3.8, 4) is 0 Å². The third kappa shape index (κ3) is 3.75. The van der Waals surface area contributed by atoms with Crippen LogP contribution in [0.2, 0.25) is 0 Å². The maximum absolute atomic E-state index is 4.47. The van der Waals surface area contributed by atoms with E-state index in [1.165, 1.54) is 5.56 Å². The molecule has 1 fully saturated rings. The molecule has 25 heavy (non-hydrogen) atoms. The van der Waals surface area contributed by atoms with Crippen LogP contribution >= 0.6 is 0 Å². The first-order chi connectivity index (χ1) is 12.1. The first-order valence-electron chi connectivity index (χ1n) is 9.37. The van der Waals surface area contributed by atoms with Gasteiger partial charge in [-0.05, 0) is 42.8 Å². The van der Waals surface area contributed by atoms with Crippen LogP contribution in [-0.2, 0) is 5.54 Å². The summed E-state index contributed by atoms with van der Waals surface area (Å²) in [6.45, 7) is 14.2. The van der Waals surface area contributed by atoms with Gasteiger partial charge in [0.05, 0.1) is 11.6 Å². The second-order valence-electron chi connectivity index (χ2n) is 7.40. The summed E-state index contributed by atoms with van der Waals surface area (Å²) >= 11 is 0. The number of tetrazole rings is 1. The van der Waals surface area contributed by atoms with Gasteiger partial charge in [-0.25, -0.2) is 4.68 Å². The number of benzene rings is 1. The number of nitrogens with zero attached hydrogens (tertiary/aromatic N) is 6. The Morgan fingerprint density at radius 1 is 1.04 bits per heavy atom. The fraction of sp³-hybridized carbons (Fsp3) is 0.632. The summed E-state index contributed by atoms with van der Waals surface area (Å²) in [5.74, 6) is 0.947.